The third kappa shape index (κ3) is 2.34. The highest BCUT2D eigenvalue weighted by Crippen LogP contribution is 2.57. The number of carbonyl (C=O) groups is 2. The number of hydrogen-bond donors (Lipinski definition) is 0. The molecule has 1 aromatic rings. The van der Waals surface area contributed by atoms with E-state index in [1.807, 2.05) is 6.08 Å². The Kier molecular flexibility index (Phi) is 4.16. The Labute approximate surface area is 148 Å². The Morgan fingerprint density at radius 2 is 1.92 bits per heavy atom. The lowest BCUT2D eigenvalue weighted by molar-refractivity contribution is -0.126. The van der Waals surface area contributed by atoms with Crippen LogP contribution in [0.25, 0.3) is 0 Å². The predicted octanol–water partition coefficient (Wildman–Crippen LogP) is 4.77. The van der Waals surface area contributed by atoms with Crippen LogP contribution in [0.4, 0.5) is 5.69 Å². The second kappa shape index (κ2) is 5.89. The summed E-state index contributed by atoms with van der Waals surface area (Å²) in [5.41, 5.74) is 2.37. The molecule has 2 aliphatic rings. The summed E-state index contributed by atoms with van der Waals surface area (Å²) in [6.07, 6.45) is 2.79. The van der Waals surface area contributed by atoms with Gasteiger partial charge in [0.25, 0.3) is 0 Å². The average molecular weight is 344 g/mol. The maximum Gasteiger partial charge on any atom is 0.241 e. The topological polar surface area (TPSA) is 37.4 Å². The molecule has 1 aromatic carbocycles. The van der Waals surface area contributed by atoms with Crippen LogP contribution in [-0.4, -0.2) is 11.8 Å². The van der Waals surface area contributed by atoms with Crippen molar-refractivity contribution in [2.75, 3.05) is 4.90 Å². The van der Waals surface area contributed by atoms with Gasteiger partial charge in [-0.3, -0.25) is 14.5 Å². The molecular weight excluding hydrogens is 322 g/mol. The minimum atomic E-state index is -0.690. The summed E-state index contributed by atoms with van der Waals surface area (Å²) in [4.78, 5) is 27.3. The molecule has 126 valence electrons. The number of benzene rings is 1. The van der Waals surface area contributed by atoms with Crippen LogP contribution in [0.2, 0.25) is 5.02 Å². The zero-order valence-electron chi connectivity index (χ0n) is 14.3. The van der Waals surface area contributed by atoms with E-state index in [2.05, 4.69) is 27.4 Å². The zero-order chi connectivity index (χ0) is 17.6. The quantitative estimate of drug-likeness (QED) is 0.573. The third-order valence-electron chi connectivity index (χ3n) is 5.37. The van der Waals surface area contributed by atoms with Crippen LogP contribution >= 0.6 is 11.6 Å². The molecular formula is C20H22ClNO2. The summed E-state index contributed by atoms with van der Waals surface area (Å²) >= 11 is 5.92. The van der Waals surface area contributed by atoms with Crippen molar-refractivity contribution in [3.8, 4) is 0 Å². The molecule has 0 aromatic heterocycles. The highest BCUT2D eigenvalue weighted by Gasteiger charge is 2.60. The molecule has 1 spiro atoms. The molecule has 3 unspecified atom stereocenters. The lowest BCUT2D eigenvalue weighted by Crippen LogP contribution is -2.37. The number of imide groups is 1. The zero-order valence-corrected chi connectivity index (χ0v) is 15.1. The molecule has 2 fully saturated rings. The summed E-state index contributed by atoms with van der Waals surface area (Å²) in [5, 5.41) is 0.581. The van der Waals surface area contributed by atoms with Gasteiger partial charge in [-0.05, 0) is 50.5 Å². The van der Waals surface area contributed by atoms with Crippen LogP contribution in [0.15, 0.2) is 48.1 Å². The van der Waals surface area contributed by atoms with Crippen molar-refractivity contribution in [3.05, 3.63) is 53.1 Å². The largest absolute Gasteiger partial charge is 0.274 e. The van der Waals surface area contributed by atoms with E-state index in [1.54, 1.807) is 24.3 Å². The Morgan fingerprint density at radius 1 is 1.29 bits per heavy atom. The molecule has 3 atom stereocenters. The van der Waals surface area contributed by atoms with Crippen LogP contribution in [0.3, 0.4) is 0 Å². The second-order valence-electron chi connectivity index (χ2n) is 7.12. The molecule has 24 heavy (non-hydrogen) atoms. The highest BCUT2D eigenvalue weighted by molar-refractivity contribution is 6.30. The number of amides is 2. The fourth-order valence-electron chi connectivity index (χ4n) is 4.56. The first kappa shape index (κ1) is 17.0. The molecule has 1 saturated carbocycles. The molecule has 0 radical (unpaired) electrons. The third-order valence-corrected chi connectivity index (χ3v) is 5.63. The molecule has 4 heteroatoms. The molecule has 1 aliphatic heterocycles. The van der Waals surface area contributed by atoms with Crippen molar-refractivity contribution in [1.29, 1.82) is 0 Å². The van der Waals surface area contributed by atoms with Gasteiger partial charge in [-0.15, -0.1) is 6.58 Å². The molecule has 3 nitrogen and oxygen atoms in total. The van der Waals surface area contributed by atoms with E-state index in [-0.39, 0.29) is 30.1 Å². The van der Waals surface area contributed by atoms with E-state index in [1.165, 1.54) is 16.0 Å². The Hall–Kier alpha value is -1.87. The second-order valence-corrected chi connectivity index (χ2v) is 7.55. The normalized spacial score (nSPS) is 29.7. The highest BCUT2D eigenvalue weighted by atomic mass is 35.5. The number of anilines is 1. The molecule has 2 amide bonds. The lowest BCUT2D eigenvalue weighted by Gasteiger charge is -2.27. The molecule has 3 rings (SSSR count). The SMILES string of the molecule is C=CC1C(=C(C)C)C(C)CC12CC(=O)N(c1ccc(Cl)cc1)C2=O. The fraction of sp³-hybridized carbons (Fsp3) is 0.400. The van der Waals surface area contributed by atoms with Crippen molar-refractivity contribution in [2.24, 2.45) is 17.3 Å². The van der Waals surface area contributed by atoms with Gasteiger partial charge in [-0.2, -0.15) is 0 Å². The molecule has 0 N–H and O–H groups in total. The fourth-order valence-corrected chi connectivity index (χ4v) is 4.68. The summed E-state index contributed by atoms with van der Waals surface area (Å²) in [7, 11) is 0. The van der Waals surface area contributed by atoms with Gasteiger partial charge in [-0.1, -0.05) is 35.7 Å². The number of rotatable bonds is 2. The summed E-state index contributed by atoms with van der Waals surface area (Å²) in [6, 6.07) is 6.85. The van der Waals surface area contributed by atoms with Gasteiger partial charge in [0.15, 0.2) is 0 Å². The lowest BCUT2D eigenvalue weighted by atomic mass is 9.75. The Bertz CT molecular complexity index is 745. The van der Waals surface area contributed by atoms with Crippen LogP contribution in [0.5, 0.6) is 0 Å². The molecule has 0 bridgehead atoms. The number of nitrogens with zero attached hydrogens (tertiary/aromatic N) is 1. The first-order valence-corrected chi connectivity index (χ1v) is 8.62. The van der Waals surface area contributed by atoms with E-state index in [0.717, 1.165) is 0 Å². The van der Waals surface area contributed by atoms with E-state index < -0.39 is 5.41 Å². The van der Waals surface area contributed by atoms with Crippen molar-refractivity contribution in [2.45, 2.75) is 33.6 Å². The van der Waals surface area contributed by atoms with Crippen molar-refractivity contribution in [3.63, 3.8) is 0 Å². The van der Waals surface area contributed by atoms with Crippen LogP contribution in [0, 0.1) is 17.3 Å². The maximum absolute atomic E-state index is 13.3. The molecule has 1 aliphatic carbocycles. The summed E-state index contributed by atoms with van der Waals surface area (Å²) < 4.78 is 0. The standard InChI is InChI=1S/C20H22ClNO2/c1-5-16-18(12(2)3)13(4)10-20(16)11-17(23)22(19(20)24)15-8-6-14(21)7-9-15/h5-9,13,16H,1,10-11H2,2-4H3. The van der Waals surface area contributed by atoms with E-state index in [9.17, 15) is 9.59 Å². The van der Waals surface area contributed by atoms with Gasteiger partial charge in [0.2, 0.25) is 11.8 Å². The van der Waals surface area contributed by atoms with Crippen molar-refractivity contribution in [1.82, 2.24) is 0 Å². The Morgan fingerprint density at radius 3 is 2.46 bits per heavy atom. The number of hydrogen-bond acceptors (Lipinski definition) is 2. The summed E-state index contributed by atoms with van der Waals surface area (Å²) in [5.74, 6) is -0.0506. The minimum absolute atomic E-state index is 0.0775. The molecule has 1 heterocycles. The van der Waals surface area contributed by atoms with Crippen LogP contribution in [0.1, 0.15) is 33.6 Å². The van der Waals surface area contributed by atoms with Gasteiger partial charge in [-0.25, -0.2) is 0 Å². The van der Waals surface area contributed by atoms with Gasteiger partial charge in [0.1, 0.15) is 0 Å². The van der Waals surface area contributed by atoms with Crippen LogP contribution < -0.4 is 4.90 Å². The average Bonchev–Trinajstić information content (AvgIpc) is 2.94. The summed E-state index contributed by atoms with van der Waals surface area (Å²) in [6.45, 7) is 10.2. The van der Waals surface area contributed by atoms with Crippen molar-refractivity contribution >= 4 is 29.1 Å². The monoisotopic (exact) mass is 343 g/mol. The number of halogens is 1. The molecule has 1 saturated heterocycles. The first-order chi connectivity index (χ1) is 11.3. The first-order valence-electron chi connectivity index (χ1n) is 8.24. The maximum atomic E-state index is 13.3. The predicted molar refractivity (Wildman–Crippen MR) is 96.8 cm³/mol. The van der Waals surface area contributed by atoms with E-state index in [4.69, 9.17) is 11.6 Å². The van der Waals surface area contributed by atoms with E-state index in [0.29, 0.717) is 17.1 Å². The van der Waals surface area contributed by atoms with Gasteiger partial charge in [0.05, 0.1) is 11.1 Å². The number of allylic oxidation sites excluding steroid dienone is 3. The van der Waals surface area contributed by atoms with Gasteiger partial charge in [0, 0.05) is 17.4 Å². The minimum Gasteiger partial charge on any atom is -0.274 e. The van der Waals surface area contributed by atoms with Crippen LogP contribution in [-0.2, 0) is 9.59 Å². The smallest absolute Gasteiger partial charge is 0.241 e. The van der Waals surface area contributed by atoms with E-state index >= 15 is 0 Å². The van der Waals surface area contributed by atoms with Gasteiger partial charge >= 0.3 is 0 Å². The number of carbonyl (C=O) groups excluding carboxylic acids is 2. The van der Waals surface area contributed by atoms with Gasteiger partial charge < -0.3 is 0 Å². The Balaban J connectivity index is 2.06. The van der Waals surface area contributed by atoms with Crippen molar-refractivity contribution < 1.29 is 9.59 Å².